The standard InChI is InChI=1S/C18H21ClN4O3/c1-12(4-2-3-8-23-11-14(7-9-24)21-22-23)18(26)15-10-13(19)5-6-16(15)20-17(18)25/h2,4-6,10-12,24,26H,3,7-9H2,1H3,(H,20,25)/b4-2+/t12-,18+/m1/s1. The summed E-state index contributed by atoms with van der Waals surface area (Å²) in [6.07, 6.45) is 6.68. The van der Waals surface area contributed by atoms with E-state index in [-0.39, 0.29) is 6.61 Å². The Labute approximate surface area is 156 Å². The van der Waals surface area contributed by atoms with Gasteiger partial charge in [-0.25, -0.2) is 0 Å². The molecule has 3 N–H and O–H groups in total. The number of carbonyl (C=O) groups excluding carboxylic acids is 1. The Bertz CT molecular complexity index is 836. The van der Waals surface area contributed by atoms with E-state index >= 15 is 0 Å². The molecule has 0 fully saturated rings. The molecule has 138 valence electrons. The molecule has 0 spiro atoms. The third kappa shape index (κ3) is 3.51. The van der Waals surface area contributed by atoms with Gasteiger partial charge in [0.05, 0.1) is 5.69 Å². The number of aliphatic hydroxyl groups excluding tert-OH is 1. The van der Waals surface area contributed by atoms with Crippen molar-refractivity contribution in [3.05, 3.63) is 52.8 Å². The molecule has 0 saturated heterocycles. The van der Waals surface area contributed by atoms with Crippen LogP contribution in [0.4, 0.5) is 5.69 Å². The number of nitrogens with zero attached hydrogens (tertiary/aromatic N) is 3. The molecule has 1 amide bonds. The lowest BCUT2D eigenvalue weighted by atomic mass is 9.83. The van der Waals surface area contributed by atoms with Crippen molar-refractivity contribution in [1.29, 1.82) is 0 Å². The van der Waals surface area contributed by atoms with Crippen molar-refractivity contribution in [2.24, 2.45) is 5.92 Å². The number of halogens is 1. The molecule has 2 aromatic rings. The number of aromatic nitrogens is 3. The second kappa shape index (κ2) is 7.57. The summed E-state index contributed by atoms with van der Waals surface area (Å²) in [6.45, 7) is 2.46. The van der Waals surface area contributed by atoms with E-state index in [4.69, 9.17) is 16.7 Å². The molecule has 0 aliphatic carbocycles. The Balaban J connectivity index is 1.65. The van der Waals surface area contributed by atoms with Crippen LogP contribution in [0.1, 0.15) is 24.6 Å². The second-order valence-electron chi connectivity index (χ2n) is 6.36. The first-order valence-electron chi connectivity index (χ1n) is 8.45. The summed E-state index contributed by atoms with van der Waals surface area (Å²) in [6, 6.07) is 4.99. The number of anilines is 1. The number of nitrogens with one attached hydrogen (secondary N) is 1. The van der Waals surface area contributed by atoms with E-state index in [1.807, 2.05) is 12.2 Å². The summed E-state index contributed by atoms with van der Waals surface area (Å²) in [7, 11) is 0. The van der Waals surface area contributed by atoms with Crippen molar-refractivity contribution in [2.75, 3.05) is 11.9 Å². The van der Waals surface area contributed by atoms with Gasteiger partial charge in [0, 0.05) is 48.0 Å². The summed E-state index contributed by atoms with van der Waals surface area (Å²) in [5.74, 6) is -0.875. The average molecular weight is 377 g/mol. The third-order valence-corrected chi connectivity index (χ3v) is 4.78. The van der Waals surface area contributed by atoms with Crippen LogP contribution in [0.3, 0.4) is 0 Å². The summed E-state index contributed by atoms with van der Waals surface area (Å²) in [5, 5.41) is 31.0. The molecule has 3 rings (SSSR count). The molecule has 1 aromatic heterocycles. The molecule has 26 heavy (non-hydrogen) atoms. The largest absolute Gasteiger partial charge is 0.396 e. The van der Waals surface area contributed by atoms with E-state index in [0.717, 1.165) is 5.69 Å². The molecular formula is C18H21ClN4O3. The molecule has 0 bridgehead atoms. The fourth-order valence-electron chi connectivity index (χ4n) is 3.06. The van der Waals surface area contributed by atoms with E-state index in [1.54, 1.807) is 36.0 Å². The van der Waals surface area contributed by atoms with E-state index < -0.39 is 17.4 Å². The van der Waals surface area contributed by atoms with Crippen LogP contribution in [0.5, 0.6) is 0 Å². The third-order valence-electron chi connectivity index (χ3n) is 4.55. The van der Waals surface area contributed by atoms with Gasteiger partial charge in [0.2, 0.25) is 0 Å². The fraction of sp³-hybridized carbons (Fsp3) is 0.389. The topological polar surface area (TPSA) is 100 Å². The number of hydrogen-bond acceptors (Lipinski definition) is 5. The second-order valence-corrected chi connectivity index (χ2v) is 6.80. The maximum absolute atomic E-state index is 12.3. The zero-order valence-corrected chi connectivity index (χ0v) is 15.1. The van der Waals surface area contributed by atoms with Crippen LogP contribution in [0, 0.1) is 5.92 Å². The maximum atomic E-state index is 12.3. The van der Waals surface area contributed by atoms with Crippen LogP contribution in [-0.4, -0.2) is 37.7 Å². The van der Waals surface area contributed by atoms with Crippen LogP contribution in [-0.2, 0) is 23.4 Å². The van der Waals surface area contributed by atoms with Gasteiger partial charge in [-0.3, -0.25) is 9.48 Å². The highest BCUT2D eigenvalue weighted by atomic mass is 35.5. The monoisotopic (exact) mass is 376 g/mol. The quantitative estimate of drug-likeness (QED) is 0.641. The Kier molecular flexibility index (Phi) is 5.41. The predicted molar refractivity (Wildman–Crippen MR) is 97.7 cm³/mol. The van der Waals surface area contributed by atoms with Gasteiger partial charge in [0.1, 0.15) is 0 Å². The number of amides is 1. The fourth-order valence-corrected chi connectivity index (χ4v) is 3.23. The average Bonchev–Trinajstić information content (AvgIpc) is 3.16. The summed E-state index contributed by atoms with van der Waals surface area (Å²) < 4.78 is 1.70. The normalized spacial score (nSPS) is 20.4. The van der Waals surface area contributed by atoms with Gasteiger partial charge < -0.3 is 15.5 Å². The Morgan fingerprint density at radius 3 is 3.04 bits per heavy atom. The minimum absolute atomic E-state index is 0.0439. The number of rotatable bonds is 7. The Morgan fingerprint density at radius 1 is 1.46 bits per heavy atom. The van der Waals surface area contributed by atoms with Crippen LogP contribution in [0.2, 0.25) is 5.02 Å². The highest BCUT2D eigenvalue weighted by molar-refractivity contribution is 6.31. The number of hydrogen-bond donors (Lipinski definition) is 3. The smallest absolute Gasteiger partial charge is 0.261 e. The van der Waals surface area contributed by atoms with Gasteiger partial charge in [-0.05, 0) is 24.6 Å². The number of allylic oxidation sites excluding steroid dienone is 1. The number of carbonyl (C=O) groups is 1. The molecule has 0 saturated carbocycles. The SMILES string of the molecule is C[C@H](/C=C/CCn1cc(CCO)nn1)[C@@]1(O)C(=O)Nc2ccc(Cl)cc21. The zero-order chi connectivity index (χ0) is 18.7. The van der Waals surface area contributed by atoms with Crippen molar-refractivity contribution >= 4 is 23.2 Å². The molecule has 1 aromatic carbocycles. The Morgan fingerprint density at radius 2 is 2.27 bits per heavy atom. The van der Waals surface area contributed by atoms with E-state index in [9.17, 15) is 9.90 Å². The van der Waals surface area contributed by atoms with E-state index in [0.29, 0.717) is 35.7 Å². The van der Waals surface area contributed by atoms with Crippen molar-refractivity contribution in [2.45, 2.75) is 31.9 Å². The number of aliphatic hydroxyl groups is 2. The van der Waals surface area contributed by atoms with Crippen molar-refractivity contribution < 1.29 is 15.0 Å². The number of benzene rings is 1. The minimum atomic E-state index is -1.64. The van der Waals surface area contributed by atoms with Crippen LogP contribution in [0.25, 0.3) is 0 Å². The van der Waals surface area contributed by atoms with Crippen molar-refractivity contribution in [3.8, 4) is 0 Å². The lowest BCUT2D eigenvalue weighted by molar-refractivity contribution is -0.137. The first-order chi connectivity index (χ1) is 12.4. The van der Waals surface area contributed by atoms with Crippen molar-refractivity contribution in [1.82, 2.24) is 15.0 Å². The number of fused-ring (bicyclic) bond motifs is 1. The van der Waals surface area contributed by atoms with E-state index in [2.05, 4.69) is 15.6 Å². The molecule has 2 heterocycles. The molecule has 1 aliphatic rings. The molecule has 0 unspecified atom stereocenters. The van der Waals surface area contributed by atoms with Gasteiger partial charge in [-0.2, -0.15) is 0 Å². The summed E-state index contributed by atoms with van der Waals surface area (Å²) >= 11 is 6.02. The summed E-state index contributed by atoms with van der Waals surface area (Å²) in [4.78, 5) is 12.3. The van der Waals surface area contributed by atoms with Crippen molar-refractivity contribution in [3.63, 3.8) is 0 Å². The Hall–Kier alpha value is -2.22. The highest BCUT2D eigenvalue weighted by Gasteiger charge is 2.48. The van der Waals surface area contributed by atoms with Crippen LogP contribution < -0.4 is 5.32 Å². The van der Waals surface area contributed by atoms with Gasteiger partial charge in [-0.15, -0.1) is 5.10 Å². The number of aryl methyl sites for hydroxylation is 1. The molecule has 8 heteroatoms. The van der Waals surface area contributed by atoms with E-state index in [1.165, 1.54) is 0 Å². The molecule has 7 nitrogen and oxygen atoms in total. The summed E-state index contributed by atoms with van der Waals surface area (Å²) in [5.41, 5.74) is 0.187. The molecule has 2 atom stereocenters. The van der Waals surface area contributed by atoms with Gasteiger partial charge in [-0.1, -0.05) is 35.9 Å². The first kappa shape index (κ1) is 18.6. The minimum Gasteiger partial charge on any atom is -0.396 e. The van der Waals surface area contributed by atoms with Gasteiger partial charge in [0.25, 0.3) is 5.91 Å². The predicted octanol–water partition coefficient (Wildman–Crippen LogP) is 1.89. The first-order valence-corrected chi connectivity index (χ1v) is 8.83. The zero-order valence-electron chi connectivity index (χ0n) is 14.4. The van der Waals surface area contributed by atoms with Crippen LogP contribution in [0.15, 0.2) is 36.5 Å². The highest BCUT2D eigenvalue weighted by Crippen LogP contribution is 2.42. The lowest BCUT2D eigenvalue weighted by Crippen LogP contribution is -2.39. The van der Waals surface area contributed by atoms with Gasteiger partial charge in [0.15, 0.2) is 5.60 Å². The van der Waals surface area contributed by atoms with Gasteiger partial charge >= 0.3 is 0 Å². The molecule has 0 radical (unpaired) electrons. The van der Waals surface area contributed by atoms with Crippen LogP contribution >= 0.6 is 11.6 Å². The maximum Gasteiger partial charge on any atom is 0.261 e. The molecular weight excluding hydrogens is 356 g/mol. The molecule has 1 aliphatic heterocycles. The lowest BCUT2D eigenvalue weighted by Gasteiger charge is -2.26.